The van der Waals surface area contributed by atoms with E-state index in [1.54, 1.807) is 24.3 Å². The lowest BCUT2D eigenvalue weighted by molar-refractivity contribution is 0.0964. The Hall–Kier alpha value is -2.73. The van der Waals surface area contributed by atoms with Crippen LogP contribution in [0.1, 0.15) is 27.6 Å². The molecule has 2 N–H and O–H groups in total. The Kier molecular flexibility index (Phi) is 6.25. The summed E-state index contributed by atoms with van der Waals surface area (Å²) >= 11 is 6.19. The van der Waals surface area contributed by atoms with Crippen LogP contribution in [-0.2, 0) is 0 Å². The molecule has 0 aliphatic heterocycles. The first-order chi connectivity index (χ1) is 12.0. The molecule has 0 aromatic heterocycles. The Balaban J connectivity index is 2.34. The van der Waals surface area contributed by atoms with Crippen LogP contribution in [0.5, 0.6) is 11.5 Å². The number of hydrogen-bond donors (Lipinski definition) is 2. The van der Waals surface area contributed by atoms with Gasteiger partial charge in [0.1, 0.15) is 0 Å². The lowest BCUT2D eigenvalue weighted by Crippen LogP contribution is -2.21. The van der Waals surface area contributed by atoms with Crippen LogP contribution in [0.3, 0.4) is 0 Å². The van der Waals surface area contributed by atoms with Crippen molar-refractivity contribution in [1.29, 1.82) is 0 Å². The third-order valence-electron chi connectivity index (χ3n) is 3.43. The van der Waals surface area contributed by atoms with E-state index in [1.807, 2.05) is 6.92 Å². The number of anilines is 1. The van der Waals surface area contributed by atoms with Crippen molar-refractivity contribution in [1.82, 2.24) is 5.32 Å². The highest BCUT2D eigenvalue weighted by Gasteiger charge is 2.17. The number of carbonyl (C=O) groups is 2. The zero-order valence-electron chi connectivity index (χ0n) is 14.2. The average Bonchev–Trinajstić information content (AvgIpc) is 2.63. The standard InChI is InChI=1S/C18H19ClN2O4/c1-4-25-16-13(19)9-11(10-15(16)24-3)17(22)21-14-8-6-5-7-12(14)18(23)20-2/h5-10H,4H2,1-3H3,(H,20,23)(H,21,22). The summed E-state index contributed by atoms with van der Waals surface area (Å²) in [6, 6.07) is 9.75. The Bertz CT molecular complexity index is 793. The van der Waals surface area contributed by atoms with Crippen LogP contribution in [0.25, 0.3) is 0 Å². The summed E-state index contributed by atoms with van der Waals surface area (Å²) in [7, 11) is 2.99. The molecule has 132 valence electrons. The van der Waals surface area contributed by atoms with E-state index in [2.05, 4.69) is 10.6 Å². The number of nitrogens with one attached hydrogen (secondary N) is 2. The molecule has 2 amide bonds. The molecule has 2 rings (SSSR count). The van der Waals surface area contributed by atoms with E-state index in [0.717, 1.165) is 0 Å². The van der Waals surface area contributed by atoms with E-state index < -0.39 is 5.91 Å². The van der Waals surface area contributed by atoms with E-state index in [9.17, 15) is 9.59 Å². The van der Waals surface area contributed by atoms with Gasteiger partial charge in [-0.2, -0.15) is 0 Å². The maximum Gasteiger partial charge on any atom is 0.255 e. The minimum atomic E-state index is -0.417. The quantitative estimate of drug-likeness (QED) is 0.826. The number of ether oxygens (including phenoxy) is 2. The molecule has 7 heteroatoms. The first kappa shape index (κ1) is 18.6. The predicted octanol–water partition coefficient (Wildman–Crippen LogP) is 3.36. The van der Waals surface area contributed by atoms with Crippen molar-refractivity contribution in [3.05, 3.63) is 52.5 Å². The highest BCUT2D eigenvalue weighted by Crippen LogP contribution is 2.36. The summed E-state index contributed by atoms with van der Waals surface area (Å²) in [5.41, 5.74) is 1.05. The van der Waals surface area contributed by atoms with Crippen molar-refractivity contribution in [3.8, 4) is 11.5 Å². The second-order valence-corrected chi connectivity index (χ2v) is 5.41. The van der Waals surface area contributed by atoms with Gasteiger partial charge in [0, 0.05) is 12.6 Å². The number of carbonyl (C=O) groups excluding carboxylic acids is 2. The fourth-order valence-corrected chi connectivity index (χ4v) is 2.52. The maximum atomic E-state index is 12.6. The smallest absolute Gasteiger partial charge is 0.255 e. The number of para-hydroxylation sites is 1. The third kappa shape index (κ3) is 4.22. The molecule has 0 radical (unpaired) electrons. The van der Waals surface area contributed by atoms with Crippen molar-refractivity contribution in [2.24, 2.45) is 0 Å². The summed E-state index contributed by atoms with van der Waals surface area (Å²) in [5.74, 6) is 0.0332. The number of amides is 2. The summed E-state index contributed by atoms with van der Waals surface area (Å²) in [4.78, 5) is 24.5. The van der Waals surface area contributed by atoms with Crippen molar-refractivity contribution >= 4 is 29.1 Å². The van der Waals surface area contributed by atoms with Gasteiger partial charge < -0.3 is 20.1 Å². The highest BCUT2D eigenvalue weighted by atomic mass is 35.5. The number of hydrogen-bond acceptors (Lipinski definition) is 4. The molecule has 25 heavy (non-hydrogen) atoms. The second-order valence-electron chi connectivity index (χ2n) is 5.00. The summed E-state index contributed by atoms with van der Waals surface area (Å²) < 4.78 is 10.7. The summed E-state index contributed by atoms with van der Waals surface area (Å²) in [5, 5.41) is 5.52. The number of rotatable bonds is 6. The second kappa shape index (κ2) is 8.39. The minimum Gasteiger partial charge on any atom is -0.493 e. The first-order valence-electron chi connectivity index (χ1n) is 7.64. The molecular weight excluding hydrogens is 344 g/mol. The molecule has 6 nitrogen and oxygen atoms in total. The van der Waals surface area contributed by atoms with Crippen LogP contribution in [0, 0.1) is 0 Å². The topological polar surface area (TPSA) is 76.7 Å². The molecule has 2 aromatic carbocycles. The number of methoxy groups -OCH3 is 1. The maximum absolute atomic E-state index is 12.6. The molecule has 0 bridgehead atoms. The molecule has 0 fully saturated rings. The van der Waals surface area contributed by atoms with Gasteiger partial charge in [-0.1, -0.05) is 23.7 Å². The predicted molar refractivity (Wildman–Crippen MR) is 97.0 cm³/mol. The molecule has 0 unspecified atom stereocenters. The van der Waals surface area contributed by atoms with Crippen LogP contribution in [0.2, 0.25) is 5.02 Å². The lowest BCUT2D eigenvalue weighted by atomic mass is 10.1. The monoisotopic (exact) mass is 362 g/mol. The van der Waals surface area contributed by atoms with Crippen molar-refractivity contribution in [2.45, 2.75) is 6.92 Å². The van der Waals surface area contributed by atoms with Crippen molar-refractivity contribution < 1.29 is 19.1 Å². The minimum absolute atomic E-state index is 0.269. The largest absolute Gasteiger partial charge is 0.493 e. The average molecular weight is 363 g/mol. The zero-order valence-corrected chi connectivity index (χ0v) is 14.9. The normalized spacial score (nSPS) is 10.1. The van der Waals surface area contributed by atoms with Gasteiger partial charge in [-0.15, -0.1) is 0 Å². The van der Waals surface area contributed by atoms with E-state index in [0.29, 0.717) is 29.4 Å². The van der Waals surface area contributed by atoms with E-state index >= 15 is 0 Å². The molecule has 0 saturated heterocycles. The SMILES string of the molecule is CCOc1c(Cl)cc(C(=O)Nc2ccccc2C(=O)NC)cc1OC. The fourth-order valence-electron chi connectivity index (χ4n) is 2.25. The van der Waals surface area contributed by atoms with Crippen LogP contribution in [0.4, 0.5) is 5.69 Å². The zero-order chi connectivity index (χ0) is 18.4. The molecule has 0 atom stereocenters. The lowest BCUT2D eigenvalue weighted by Gasteiger charge is -2.14. The van der Waals surface area contributed by atoms with Gasteiger partial charge in [0.25, 0.3) is 11.8 Å². The van der Waals surface area contributed by atoms with E-state index in [1.165, 1.54) is 26.3 Å². The fraction of sp³-hybridized carbons (Fsp3) is 0.222. The van der Waals surface area contributed by atoms with Crippen LogP contribution < -0.4 is 20.1 Å². The van der Waals surface area contributed by atoms with Gasteiger partial charge in [0.05, 0.1) is 30.0 Å². The van der Waals surface area contributed by atoms with E-state index in [-0.39, 0.29) is 16.5 Å². The summed E-state index contributed by atoms with van der Waals surface area (Å²) in [6.45, 7) is 2.24. The Labute approximate surface area is 151 Å². The van der Waals surface area contributed by atoms with Crippen molar-refractivity contribution in [3.63, 3.8) is 0 Å². The Morgan fingerprint density at radius 1 is 1.16 bits per heavy atom. The molecule has 0 aliphatic carbocycles. The molecule has 0 aliphatic rings. The molecule has 0 heterocycles. The molecule has 2 aromatic rings. The van der Waals surface area contributed by atoms with Gasteiger partial charge in [-0.05, 0) is 31.2 Å². The van der Waals surface area contributed by atoms with Gasteiger partial charge in [0.2, 0.25) is 0 Å². The summed E-state index contributed by atoms with van der Waals surface area (Å²) in [6.07, 6.45) is 0. The van der Waals surface area contributed by atoms with Crippen molar-refractivity contribution in [2.75, 3.05) is 26.1 Å². The molecular formula is C18H19ClN2O4. The van der Waals surface area contributed by atoms with Gasteiger partial charge in [-0.3, -0.25) is 9.59 Å². The molecule has 0 saturated carbocycles. The van der Waals surface area contributed by atoms with E-state index in [4.69, 9.17) is 21.1 Å². The Morgan fingerprint density at radius 3 is 2.52 bits per heavy atom. The van der Waals surface area contributed by atoms with Crippen LogP contribution >= 0.6 is 11.6 Å². The third-order valence-corrected chi connectivity index (χ3v) is 3.71. The van der Waals surface area contributed by atoms with Crippen LogP contribution in [-0.4, -0.2) is 32.6 Å². The van der Waals surface area contributed by atoms with Crippen LogP contribution in [0.15, 0.2) is 36.4 Å². The first-order valence-corrected chi connectivity index (χ1v) is 8.02. The van der Waals surface area contributed by atoms with Gasteiger partial charge in [-0.25, -0.2) is 0 Å². The molecule has 0 spiro atoms. The number of halogens is 1. The van der Waals surface area contributed by atoms with Gasteiger partial charge >= 0.3 is 0 Å². The Morgan fingerprint density at radius 2 is 1.88 bits per heavy atom. The number of benzene rings is 2. The highest BCUT2D eigenvalue weighted by molar-refractivity contribution is 6.32. The van der Waals surface area contributed by atoms with Gasteiger partial charge in [0.15, 0.2) is 11.5 Å².